The van der Waals surface area contributed by atoms with Crippen LogP contribution in [0.4, 0.5) is 4.39 Å². The number of halogens is 1. The molecule has 3 nitrogen and oxygen atoms in total. The molecule has 0 heterocycles. The Morgan fingerprint density at radius 2 is 1.87 bits per heavy atom. The molecule has 1 amide bonds. The molecule has 1 unspecified atom stereocenters. The van der Waals surface area contributed by atoms with Crippen molar-refractivity contribution in [3.8, 4) is 5.75 Å². The van der Waals surface area contributed by atoms with Gasteiger partial charge in [-0.2, -0.15) is 0 Å². The summed E-state index contributed by atoms with van der Waals surface area (Å²) in [5, 5.41) is 2.95. The Labute approximate surface area is 136 Å². The van der Waals surface area contributed by atoms with Crippen molar-refractivity contribution >= 4 is 5.91 Å². The smallest absolute Gasteiger partial charge is 0.223 e. The van der Waals surface area contributed by atoms with Crippen LogP contribution in [0.5, 0.6) is 5.75 Å². The molecule has 2 aromatic rings. The lowest BCUT2D eigenvalue weighted by molar-refractivity contribution is -0.124. The number of nitrogens with one attached hydrogen (secondary N) is 1. The van der Waals surface area contributed by atoms with E-state index in [-0.39, 0.29) is 17.6 Å². The highest BCUT2D eigenvalue weighted by molar-refractivity contribution is 5.78. The molecule has 0 radical (unpaired) electrons. The molecule has 1 atom stereocenters. The first-order valence-corrected chi connectivity index (χ1v) is 7.74. The van der Waals surface area contributed by atoms with Crippen molar-refractivity contribution in [2.45, 2.75) is 19.8 Å². The van der Waals surface area contributed by atoms with Crippen LogP contribution < -0.4 is 10.1 Å². The summed E-state index contributed by atoms with van der Waals surface area (Å²) in [4.78, 5) is 12.1. The van der Waals surface area contributed by atoms with E-state index in [2.05, 4.69) is 5.32 Å². The average molecular weight is 315 g/mol. The fraction of sp³-hybridized carbons (Fsp3) is 0.316. The predicted molar refractivity (Wildman–Crippen MR) is 89.0 cm³/mol. The molecule has 2 aromatic carbocycles. The number of amides is 1. The molecule has 0 saturated carbocycles. The third kappa shape index (κ3) is 5.09. The van der Waals surface area contributed by atoms with E-state index in [0.29, 0.717) is 13.0 Å². The van der Waals surface area contributed by atoms with E-state index in [9.17, 15) is 9.18 Å². The molecule has 0 aliphatic heterocycles. The molecular formula is C19H22FNO2. The largest absolute Gasteiger partial charge is 0.496 e. The molecule has 23 heavy (non-hydrogen) atoms. The number of carbonyl (C=O) groups excluding carboxylic acids is 1. The van der Waals surface area contributed by atoms with Crippen LogP contribution in [0, 0.1) is 11.7 Å². The normalized spacial score (nSPS) is 11.8. The van der Waals surface area contributed by atoms with E-state index in [1.807, 2.05) is 31.2 Å². The van der Waals surface area contributed by atoms with Crippen molar-refractivity contribution < 1.29 is 13.9 Å². The first-order chi connectivity index (χ1) is 11.1. The average Bonchev–Trinajstić information content (AvgIpc) is 2.57. The fourth-order valence-corrected chi connectivity index (χ4v) is 2.47. The minimum Gasteiger partial charge on any atom is -0.496 e. The number of para-hydroxylation sites is 1. The van der Waals surface area contributed by atoms with Gasteiger partial charge in [0.05, 0.1) is 7.11 Å². The first kappa shape index (κ1) is 17.0. The third-order valence-corrected chi connectivity index (χ3v) is 3.79. The predicted octanol–water partition coefficient (Wildman–Crippen LogP) is 3.37. The number of carbonyl (C=O) groups is 1. The van der Waals surface area contributed by atoms with Crippen molar-refractivity contribution in [2.24, 2.45) is 5.92 Å². The Bertz CT molecular complexity index is 640. The van der Waals surface area contributed by atoms with Crippen molar-refractivity contribution in [1.29, 1.82) is 0 Å². The summed E-state index contributed by atoms with van der Waals surface area (Å²) in [6.07, 6.45) is 1.32. The van der Waals surface area contributed by atoms with E-state index < -0.39 is 0 Å². The van der Waals surface area contributed by atoms with Gasteiger partial charge in [-0.1, -0.05) is 37.3 Å². The standard InChI is InChI=1S/C19H22FNO2/c1-14(13-15-7-9-17(20)10-8-15)19(22)21-12-11-16-5-3-4-6-18(16)23-2/h3-10,14H,11-13H2,1-2H3,(H,21,22). The summed E-state index contributed by atoms with van der Waals surface area (Å²) in [6.45, 7) is 2.44. The number of hydrogen-bond acceptors (Lipinski definition) is 2. The Balaban J connectivity index is 1.81. The maximum atomic E-state index is 12.9. The van der Waals surface area contributed by atoms with E-state index in [4.69, 9.17) is 4.74 Å². The van der Waals surface area contributed by atoms with Gasteiger partial charge in [0, 0.05) is 12.5 Å². The van der Waals surface area contributed by atoms with Gasteiger partial charge in [-0.05, 0) is 42.2 Å². The van der Waals surface area contributed by atoms with Crippen molar-refractivity contribution in [1.82, 2.24) is 5.32 Å². The van der Waals surface area contributed by atoms with Crippen LogP contribution in [0.15, 0.2) is 48.5 Å². The zero-order valence-corrected chi connectivity index (χ0v) is 13.5. The monoisotopic (exact) mass is 315 g/mol. The number of hydrogen-bond donors (Lipinski definition) is 1. The second-order valence-corrected chi connectivity index (χ2v) is 5.58. The summed E-state index contributed by atoms with van der Waals surface area (Å²) < 4.78 is 18.2. The minimum atomic E-state index is -0.261. The molecule has 0 bridgehead atoms. The highest BCUT2D eigenvalue weighted by Gasteiger charge is 2.13. The lowest BCUT2D eigenvalue weighted by Crippen LogP contribution is -2.31. The van der Waals surface area contributed by atoms with Crippen molar-refractivity contribution in [3.63, 3.8) is 0 Å². The molecule has 0 saturated heterocycles. The summed E-state index contributed by atoms with van der Waals surface area (Å²) >= 11 is 0. The van der Waals surface area contributed by atoms with Gasteiger partial charge >= 0.3 is 0 Å². The zero-order chi connectivity index (χ0) is 16.7. The van der Waals surface area contributed by atoms with Crippen LogP contribution in [0.2, 0.25) is 0 Å². The van der Waals surface area contributed by atoms with Gasteiger partial charge in [-0.25, -0.2) is 4.39 Å². The Hall–Kier alpha value is -2.36. The van der Waals surface area contributed by atoms with Gasteiger partial charge < -0.3 is 10.1 Å². The molecule has 122 valence electrons. The second-order valence-electron chi connectivity index (χ2n) is 5.58. The Morgan fingerprint density at radius 1 is 1.17 bits per heavy atom. The molecule has 0 aromatic heterocycles. The van der Waals surface area contributed by atoms with Gasteiger partial charge in [0.15, 0.2) is 0 Å². The minimum absolute atomic E-state index is 0.00391. The van der Waals surface area contributed by atoms with Crippen molar-refractivity contribution in [2.75, 3.05) is 13.7 Å². The van der Waals surface area contributed by atoms with Gasteiger partial charge in [0.25, 0.3) is 0 Å². The molecule has 0 spiro atoms. The summed E-state index contributed by atoms with van der Waals surface area (Å²) in [6, 6.07) is 14.1. The SMILES string of the molecule is COc1ccccc1CCNC(=O)C(C)Cc1ccc(F)cc1. The number of rotatable bonds is 7. The van der Waals surface area contributed by atoms with E-state index >= 15 is 0 Å². The zero-order valence-electron chi connectivity index (χ0n) is 13.5. The first-order valence-electron chi connectivity index (χ1n) is 7.74. The van der Waals surface area contributed by atoms with Gasteiger partial charge in [0.2, 0.25) is 5.91 Å². The third-order valence-electron chi connectivity index (χ3n) is 3.79. The lowest BCUT2D eigenvalue weighted by Gasteiger charge is -2.13. The number of methoxy groups -OCH3 is 1. The highest BCUT2D eigenvalue weighted by atomic mass is 19.1. The van der Waals surface area contributed by atoms with Gasteiger partial charge in [0.1, 0.15) is 11.6 Å². The van der Waals surface area contributed by atoms with E-state index in [0.717, 1.165) is 23.3 Å². The molecule has 1 N–H and O–H groups in total. The molecule has 2 rings (SSSR count). The van der Waals surface area contributed by atoms with Gasteiger partial charge in [-0.3, -0.25) is 4.79 Å². The lowest BCUT2D eigenvalue weighted by atomic mass is 10.0. The quantitative estimate of drug-likeness (QED) is 0.851. The second kappa shape index (κ2) is 8.32. The fourth-order valence-electron chi connectivity index (χ4n) is 2.47. The number of ether oxygens (including phenoxy) is 1. The summed E-state index contributed by atoms with van der Waals surface area (Å²) in [5.41, 5.74) is 2.03. The van der Waals surface area contributed by atoms with E-state index in [1.54, 1.807) is 19.2 Å². The number of benzene rings is 2. The van der Waals surface area contributed by atoms with Crippen LogP contribution in [0.1, 0.15) is 18.1 Å². The van der Waals surface area contributed by atoms with Crippen LogP contribution in [-0.4, -0.2) is 19.6 Å². The maximum Gasteiger partial charge on any atom is 0.223 e. The summed E-state index contributed by atoms with van der Waals surface area (Å²) in [5.74, 6) is 0.422. The van der Waals surface area contributed by atoms with Crippen LogP contribution >= 0.6 is 0 Å². The maximum absolute atomic E-state index is 12.9. The molecule has 0 aliphatic carbocycles. The molecule has 0 aliphatic rings. The van der Waals surface area contributed by atoms with Crippen LogP contribution in [0.3, 0.4) is 0 Å². The van der Waals surface area contributed by atoms with Gasteiger partial charge in [-0.15, -0.1) is 0 Å². The molecule has 4 heteroatoms. The van der Waals surface area contributed by atoms with Crippen LogP contribution in [0.25, 0.3) is 0 Å². The van der Waals surface area contributed by atoms with E-state index in [1.165, 1.54) is 12.1 Å². The summed E-state index contributed by atoms with van der Waals surface area (Å²) in [7, 11) is 1.64. The van der Waals surface area contributed by atoms with Crippen LogP contribution in [-0.2, 0) is 17.6 Å². The Kier molecular flexibility index (Phi) is 6.15. The molecule has 0 fully saturated rings. The van der Waals surface area contributed by atoms with Crippen molar-refractivity contribution in [3.05, 3.63) is 65.5 Å². The molecular weight excluding hydrogens is 293 g/mol. The Morgan fingerprint density at radius 3 is 2.57 bits per heavy atom. The highest BCUT2D eigenvalue weighted by Crippen LogP contribution is 2.17. The topological polar surface area (TPSA) is 38.3 Å².